The summed E-state index contributed by atoms with van der Waals surface area (Å²) in [5, 5.41) is 19.8. The van der Waals surface area contributed by atoms with Crippen LogP contribution in [-0.4, -0.2) is 30.7 Å². The number of nitrogens with zero attached hydrogens (tertiary/aromatic N) is 3. The van der Waals surface area contributed by atoms with Crippen molar-refractivity contribution in [1.29, 1.82) is 0 Å². The summed E-state index contributed by atoms with van der Waals surface area (Å²) in [5.41, 5.74) is 2.50. The van der Waals surface area contributed by atoms with Gasteiger partial charge in [0.25, 0.3) is 5.56 Å². The molecular weight excluding hydrogens is 402 g/mol. The van der Waals surface area contributed by atoms with Gasteiger partial charge >= 0.3 is 5.97 Å². The lowest BCUT2D eigenvalue weighted by molar-refractivity contribution is 0.0694. The fourth-order valence-corrected chi connectivity index (χ4v) is 4.12. The van der Waals surface area contributed by atoms with Crippen LogP contribution in [0.3, 0.4) is 0 Å². The first-order chi connectivity index (χ1) is 14.4. The number of aromatic carboxylic acids is 1. The molecule has 8 heteroatoms. The molecule has 0 saturated heterocycles. The lowest BCUT2D eigenvalue weighted by atomic mass is 10.1. The average Bonchev–Trinajstić information content (AvgIpc) is 3.09. The number of carbonyl (C=O) groups is 1. The van der Waals surface area contributed by atoms with Crippen molar-refractivity contribution >= 4 is 17.3 Å². The third-order valence-corrected chi connectivity index (χ3v) is 5.72. The van der Waals surface area contributed by atoms with E-state index in [9.17, 15) is 14.7 Å². The number of carboxylic acids is 1. The zero-order valence-electron chi connectivity index (χ0n) is 15.9. The molecule has 0 aliphatic carbocycles. The van der Waals surface area contributed by atoms with E-state index < -0.39 is 5.97 Å². The standard InChI is InChI=1S/C22H17N3O4S/c1-13-21(30-19(23-13)12-25-10-3-2-7-20(25)27)17-6-4-5-16(24-17)14-8-9-15(22(28)29)18(26)11-14/h2-11,26H,12H2,1H3,(H,28,29). The molecule has 0 aliphatic heterocycles. The second kappa shape index (κ2) is 7.92. The highest BCUT2D eigenvalue weighted by molar-refractivity contribution is 7.15. The largest absolute Gasteiger partial charge is 0.507 e. The minimum absolute atomic E-state index is 0.0864. The van der Waals surface area contributed by atoms with Gasteiger partial charge < -0.3 is 14.8 Å². The fraction of sp³-hybridized carbons (Fsp3) is 0.0909. The number of aromatic nitrogens is 3. The molecule has 0 aliphatic rings. The molecule has 0 saturated carbocycles. The van der Waals surface area contributed by atoms with E-state index in [1.54, 1.807) is 35.0 Å². The van der Waals surface area contributed by atoms with Gasteiger partial charge in [-0.15, -0.1) is 11.3 Å². The molecule has 150 valence electrons. The van der Waals surface area contributed by atoms with Crippen LogP contribution in [0.25, 0.3) is 21.8 Å². The van der Waals surface area contributed by atoms with Crippen LogP contribution >= 0.6 is 11.3 Å². The predicted octanol–water partition coefficient (Wildman–Crippen LogP) is 3.79. The maximum atomic E-state index is 12.0. The zero-order chi connectivity index (χ0) is 21.3. The Bertz CT molecular complexity index is 1310. The number of thiazole rings is 1. The molecule has 0 amide bonds. The number of pyridine rings is 2. The second-order valence-electron chi connectivity index (χ2n) is 6.63. The Morgan fingerprint density at radius 2 is 1.87 bits per heavy atom. The van der Waals surface area contributed by atoms with E-state index in [4.69, 9.17) is 5.11 Å². The molecule has 0 bridgehead atoms. The summed E-state index contributed by atoms with van der Waals surface area (Å²) in [6.45, 7) is 2.28. The predicted molar refractivity (Wildman–Crippen MR) is 114 cm³/mol. The Hall–Kier alpha value is -3.78. The van der Waals surface area contributed by atoms with Gasteiger partial charge in [-0.3, -0.25) is 4.79 Å². The Labute approximate surface area is 175 Å². The van der Waals surface area contributed by atoms with Crippen molar-refractivity contribution in [3.8, 4) is 27.6 Å². The SMILES string of the molecule is Cc1nc(Cn2ccccc2=O)sc1-c1cccc(-c2ccc(C(=O)O)c(O)c2)n1. The van der Waals surface area contributed by atoms with E-state index in [1.165, 1.54) is 29.5 Å². The number of benzene rings is 1. The van der Waals surface area contributed by atoms with Crippen molar-refractivity contribution < 1.29 is 15.0 Å². The van der Waals surface area contributed by atoms with Crippen LogP contribution in [0.1, 0.15) is 21.1 Å². The molecule has 3 heterocycles. The quantitative estimate of drug-likeness (QED) is 0.510. The van der Waals surface area contributed by atoms with Gasteiger partial charge in [0.15, 0.2) is 0 Å². The van der Waals surface area contributed by atoms with Gasteiger partial charge in [0.2, 0.25) is 0 Å². The number of hydrogen-bond donors (Lipinski definition) is 2. The molecule has 4 rings (SSSR count). The third-order valence-electron chi connectivity index (χ3n) is 4.55. The first kappa shape index (κ1) is 19.5. The van der Waals surface area contributed by atoms with Crippen molar-refractivity contribution in [2.45, 2.75) is 13.5 Å². The normalized spacial score (nSPS) is 10.8. The molecular formula is C22H17N3O4S. The summed E-state index contributed by atoms with van der Waals surface area (Å²) in [6, 6.07) is 14.9. The summed E-state index contributed by atoms with van der Waals surface area (Å²) in [5.74, 6) is -1.50. The molecule has 0 unspecified atom stereocenters. The number of aromatic hydroxyl groups is 1. The minimum Gasteiger partial charge on any atom is -0.507 e. The van der Waals surface area contributed by atoms with E-state index in [0.29, 0.717) is 17.8 Å². The molecule has 3 aromatic heterocycles. The van der Waals surface area contributed by atoms with Gasteiger partial charge in [0.1, 0.15) is 16.3 Å². The average molecular weight is 419 g/mol. The van der Waals surface area contributed by atoms with Gasteiger partial charge in [0, 0.05) is 17.8 Å². The Balaban J connectivity index is 1.67. The number of rotatable bonds is 5. The summed E-state index contributed by atoms with van der Waals surface area (Å²) in [4.78, 5) is 33.2. The Morgan fingerprint density at radius 3 is 2.60 bits per heavy atom. The van der Waals surface area contributed by atoms with E-state index in [1.807, 2.05) is 19.1 Å². The number of carboxylic acid groups (broad SMARTS) is 1. The maximum absolute atomic E-state index is 12.0. The smallest absolute Gasteiger partial charge is 0.339 e. The molecule has 0 spiro atoms. The topological polar surface area (TPSA) is 105 Å². The molecule has 1 aromatic carbocycles. The molecule has 2 N–H and O–H groups in total. The number of phenols is 1. The molecule has 0 fully saturated rings. The number of aryl methyl sites for hydroxylation is 1. The summed E-state index contributed by atoms with van der Waals surface area (Å²) >= 11 is 1.47. The lowest BCUT2D eigenvalue weighted by Crippen LogP contribution is -2.18. The van der Waals surface area contributed by atoms with Crippen molar-refractivity contribution in [3.63, 3.8) is 0 Å². The zero-order valence-corrected chi connectivity index (χ0v) is 16.8. The number of hydrogen-bond acceptors (Lipinski definition) is 6. The van der Waals surface area contributed by atoms with Gasteiger partial charge in [-0.05, 0) is 37.3 Å². The highest BCUT2D eigenvalue weighted by atomic mass is 32.1. The molecule has 4 aromatic rings. The van der Waals surface area contributed by atoms with Gasteiger partial charge in [-0.2, -0.15) is 0 Å². The Morgan fingerprint density at radius 1 is 1.07 bits per heavy atom. The van der Waals surface area contributed by atoms with Gasteiger partial charge in [-0.1, -0.05) is 18.2 Å². The molecule has 7 nitrogen and oxygen atoms in total. The van der Waals surface area contributed by atoms with E-state index in [0.717, 1.165) is 21.3 Å². The molecule has 30 heavy (non-hydrogen) atoms. The van der Waals surface area contributed by atoms with Crippen LogP contribution in [-0.2, 0) is 6.54 Å². The van der Waals surface area contributed by atoms with Crippen LogP contribution < -0.4 is 5.56 Å². The first-order valence-corrected chi connectivity index (χ1v) is 9.90. The van der Waals surface area contributed by atoms with E-state index in [2.05, 4.69) is 9.97 Å². The third kappa shape index (κ3) is 3.85. The monoisotopic (exact) mass is 419 g/mol. The van der Waals surface area contributed by atoms with Crippen LogP contribution in [0.2, 0.25) is 0 Å². The first-order valence-electron chi connectivity index (χ1n) is 9.08. The molecule has 0 atom stereocenters. The summed E-state index contributed by atoms with van der Waals surface area (Å²) in [7, 11) is 0. The van der Waals surface area contributed by atoms with Crippen molar-refractivity contribution in [2.24, 2.45) is 0 Å². The van der Waals surface area contributed by atoms with Crippen LogP contribution in [0.4, 0.5) is 0 Å². The summed E-state index contributed by atoms with van der Waals surface area (Å²) in [6.07, 6.45) is 1.73. The van der Waals surface area contributed by atoms with E-state index in [-0.39, 0.29) is 16.9 Å². The molecule has 0 radical (unpaired) electrons. The van der Waals surface area contributed by atoms with E-state index >= 15 is 0 Å². The highest BCUT2D eigenvalue weighted by Gasteiger charge is 2.14. The van der Waals surface area contributed by atoms with Gasteiger partial charge in [-0.25, -0.2) is 14.8 Å². The maximum Gasteiger partial charge on any atom is 0.339 e. The lowest BCUT2D eigenvalue weighted by Gasteiger charge is -2.06. The summed E-state index contributed by atoms with van der Waals surface area (Å²) < 4.78 is 1.60. The van der Waals surface area contributed by atoms with Crippen molar-refractivity contribution in [3.05, 3.63) is 87.4 Å². The fourth-order valence-electron chi connectivity index (χ4n) is 3.09. The minimum atomic E-state index is -1.19. The van der Waals surface area contributed by atoms with Gasteiger partial charge in [0.05, 0.1) is 28.5 Å². The second-order valence-corrected chi connectivity index (χ2v) is 7.72. The van der Waals surface area contributed by atoms with Crippen molar-refractivity contribution in [1.82, 2.24) is 14.5 Å². The Kier molecular flexibility index (Phi) is 5.16. The van der Waals surface area contributed by atoms with Crippen LogP contribution in [0.5, 0.6) is 5.75 Å². The van der Waals surface area contributed by atoms with Crippen LogP contribution in [0.15, 0.2) is 65.6 Å². The van der Waals surface area contributed by atoms with Crippen molar-refractivity contribution in [2.75, 3.05) is 0 Å². The highest BCUT2D eigenvalue weighted by Crippen LogP contribution is 2.32. The van der Waals surface area contributed by atoms with Crippen LogP contribution in [0, 0.1) is 6.92 Å².